The second-order valence-electron chi connectivity index (χ2n) is 15.8. The Balaban J connectivity index is 1.72. The number of Topliss-reactive ketones (excluding diaryl/α,β-unsaturated/α-hetero) is 3. The predicted molar refractivity (Wildman–Crippen MR) is 229 cm³/mol. The summed E-state index contributed by atoms with van der Waals surface area (Å²) in [6.45, 7) is 7.34. The minimum atomic E-state index is -1.23. The number of ether oxygens (including phenoxy) is 2. The van der Waals surface area contributed by atoms with Gasteiger partial charge in [-0.15, -0.1) is 0 Å². The van der Waals surface area contributed by atoms with Crippen LogP contribution in [-0.4, -0.2) is 85.2 Å². The normalized spacial score (nSPS) is 17.4. The van der Waals surface area contributed by atoms with Crippen LogP contribution in [0.15, 0.2) is 54.6 Å². The molecule has 0 saturated carbocycles. The Morgan fingerprint density at radius 1 is 0.881 bits per heavy atom. The van der Waals surface area contributed by atoms with Crippen LogP contribution in [0.5, 0.6) is 11.5 Å². The Kier molecular flexibility index (Phi) is 18.3. The summed E-state index contributed by atoms with van der Waals surface area (Å²) in [5.41, 5.74) is 16.3. The average Bonchev–Trinajstić information content (AvgIpc) is 3.21. The molecule has 3 aromatic carbocycles. The van der Waals surface area contributed by atoms with E-state index >= 15 is 0 Å². The van der Waals surface area contributed by atoms with Gasteiger partial charge in [0.2, 0.25) is 11.8 Å². The van der Waals surface area contributed by atoms with Crippen molar-refractivity contribution in [3.05, 3.63) is 82.4 Å². The van der Waals surface area contributed by atoms with E-state index in [2.05, 4.69) is 12.2 Å². The number of likely N-dealkylation sites (N-methyl/N-ethyl adjacent to an activating group) is 1. The fourth-order valence-corrected chi connectivity index (χ4v) is 7.69. The molecule has 320 valence electrons. The molecule has 4 bridgehead atoms. The van der Waals surface area contributed by atoms with Gasteiger partial charge in [0.25, 0.3) is 0 Å². The predicted octanol–water partition coefficient (Wildman–Crippen LogP) is 5.85. The lowest BCUT2D eigenvalue weighted by Crippen LogP contribution is -2.45. The molecule has 1 aliphatic heterocycles. The Bertz CT molecular complexity index is 1930. The number of hydrogen-bond acceptors (Lipinski definition) is 10. The fourth-order valence-electron chi connectivity index (χ4n) is 7.69. The molecular weight excluding hydrogens is 749 g/mol. The van der Waals surface area contributed by atoms with Crippen molar-refractivity contribution in [2.45, 2.75) is 104 Å². The number of aryl methyl sites for hydroxylation is 2. The number of nitrogens with one attached hydrogen (secondary N) is 1. The van der Waals surface area contributed by atoms with Crippen LogP contribution in [0.2, 0.25) is 0 Å². The summed E-state index contributed by atoms with van der Waals surface area (Å²) >= 11 is 0. The molecule has 0 spiro atoms. The standard InChI is InChI=1S/C47H64N4O8/c1-6-7-8-9-10-11-12-33-13-16-37(30(2)23-33)41(54)28-36(29-52)47(57)51(5)45-35-15-18-44(59-22-20-49)39(27-35)38-25-34(14-17-43(38)58-21-19-48)26-40(32(4)53)50-46(56)31(3)24-42(45)55/h13-18,23,25,27,31,36,40,45,52H,6-12,19-22,24,26,28-29,48-49H2,1-5H3,(H,50,56)/t31-,36+,40+,45+/m1/s1. The molecule has 1 aliphatic rings. The topological polar surface area (TPSA) is 191 Å². The van der Waals surface area contributed by atoms with E-state index in [9.17, 15) is 29.1 Å². The van der Waals surface area contributed by atoms with E-state index < -0.39 is 48.1 Å². The number of nitrogens with two attached hydrogens (primary N) is 2. The van der Waals surface area contributed by atoms with E-state index in [0.717, 1.165) is 36.0 Å². The van der Waals surface area contributed by atoms with Gasteiger partial charge in [-0.2, -0.15) is 0 Å². The monoisotopic (exact) mass is 812 g/mol. The van der Waals surface area contributed by atoms with Crippen LogP contribution in [0.3, 0.4) is 0 Å². The molecule has 1 heterocycles. The number of aliphatic hydroxyl groups excluding tert-OH is 1. The first kappa shape index (κ1) is 46.8. The second-order valence-corrected chi connectivity index (χ2v) is 15.8. The molecule has 6 N–H and O–H groups in total. The number of nitrogens with zero attached hydrogens (tertiary/aromatic N) is 1. The van der Waals surface area contributed by atoms with Crippen molar-refractivity contribution in [1.82, 2.24) is 10.2 Å². The van der Waals surface area contributed by atoms with Gasteiger partial charge in [-0.3, -0.25) is 24.0 Å². The maximum atomic E-state index is 14.5. The fraction of sp³-hybridized carbons (Fsp3) is 0.511. The Morgan fingerprint density at radius 2 is 1.53 bits per heavy atom. The van der Waals surface area contributed by atoms with Gasteiger partial charge in [0.1, 0.15) is 30.8 Å². The minimum Gasteiger partial charge on any atom is -0.492 e. The molecule has 0 saturated heterocycles. The van der Waals surface area contributed by atoms with Crippen molar-refractivity contribution >= 4 is 29.2 Å². The van der Waals surface area contributed by atoms with Crippen LogP contribution in [0, 0.1) is 18.8 Å². The van der Waals surface area contributed by atoms with Crippen molar-refractivity contribution < 1.29 is 38.6 Å². The number of fused-ring (bicyclic) bond motifs is 5. The van der Waals surface area contributed by atoms with Crippen LogP contribution < -0.4 is 26.3 Å². The van der Waals surface area contributed by atoms with E-state index in [4.69, 9.17) is 20.9 Å². The van der Waals surface area contributed by atoms with Gasteiger partial charge in [0.05, 0.1) is 18.6 Å². The number of benzene rings is 3. The van der Waals surface area contributed by atoms with Crippen LogP contribution in [0.25, 0.3) is 11.1 Å². The molecular formula is C47H64N4O8. The first-order valence-electron chi connectivity index (χ1n) is 21.1. The minimum absolute atomic E-state index is 0.189. The number of rotatable bonds is 20. The summed E-state index contributed by atoms with van der Waals surface area (Å²) in [7, 11) is 1.47. The highest BCUT2D eigenvalue weighted by Crippen LogP contribution is 2.41. The summed E-state index contributed by atoms with van der Waals surface area (Å²) in [5.74, 6) is -3.17. The molecule has 0 aromatic heterocycles. The van der Waals surface area contributed by atoms with Gasteiger partial charge < -0.3 is 36.3 Å². The van der Waals surface area contributed by atoms with Crippen LogP contribution in [0.1, 0.15) is 111 Å². The Labute approximate surface area is 349 Å². The number of unbranched alkanes of at least 4 members (excludes halogenated alkanes) is 5. The van der Waals surface area contributed by atoms with Crippen molar-refractivity contribution in [1.29, 1.82) is 0 Å². The van der Waals surface area contributed by atoms with Crippen molar-refractivity contribution in [2.75, 3.05) is 40.0 Å². The molecule has 3 aromatic rings. The first-order chi connectivity index (χ1) is 28.3. The Hall–Kier alpha value is -4.91. The molecule has 0 fully saturated rings. The average molecular weight is 813 g/mol. The second kappa shape index (κ2) is 23.0. The van der Waals surface area contributed by atoms with E-state index in [1.807, 2.05) is 31.2 Å². The van der Waals surface area contributed by atoms with Crippen LogP contribution in [-0.2, 0) is 32.0 Å². The summed E-state index contributed by atoms with van der Waals surface area (Å²) in [6.07, 6.45) is 7.74. The molecule has 2 amide bonds. The van der Waals surface area contributed by atoms with E-state index in [1.54, 1.807) is 37.3 Å². The summed E-state index contributed by atoms with van der Waals surface area (Å²) in [5, 5.41) is 13.4. The van der Waals surface area contributed by atoms with Gasteiger partial charge >= 0.3 is 0 Å². The molecule has 59 heavy (non-hydrogen) atoms. The highest BCUT2D eigenvalue weighted by molar-refractivity contribution is 6.01. The lowest BCUT2D eigenvalue weighted by Gasteiger charge is -2.32. The van der Waals surface area contributed by atoms with Crippen LogP contribution in [0.4, 0.5) is 0 Å². The number of ketones is 3. The quantitative estimate of drug-likeness (QED) is 0.0796. The highest BCUT2D eigenvalue weighted by atomic mass is 16.5. The SMILES string of the molecule is CCCCCCCCc1ccc(C(=O)C[C@@H](CO)C(=O)N(C)[C@@H]2C(=O)C[C@@H](C)C(=O)N[C@H](C(C)=O)Cc3ccc(OCCN)c(c3)-c3cc2ccc3OCCN)c(C)c1. The molecule has 0 radical (unpaired) electrons. The van der Waals surface area contributed by atoms with E-state index in [1.165, 1.54) is 44.6 Å². The Morgan fingerprint density at radius 3 is 2.15 bits per heavy atom. The molecule has 4 atom stereocenters. The van der Waals surface area contributed by atoms with Crippen molar-refractivity contribution in [2.24, 2.45) is 23.3 Å². The maximum Gasteiger partial charge on any atom is 0.229 e. The summed E-state index contributed by atoms with van der Waals surface area (Å²) < 4.78 is 12.2. The van der Waals surface area contributed by atoms with E-state index in [0.29, 0.717) is 33.8 Å². The van der Waals surface area contributed by atoms with Crippen LogP contribution >= 0.6 is 0 Å². The maximum absolute atomic E-state index is 14.5. The van der Waals surface area contributed by atoms with E-state index in [-0.39, 0.29) is 57.1 Å². The largest absolute Gasteiger partial charge is 0.492 e. The number of amides is 2. The molecule has 12 nitrogen and oxygen atoms in total. The van der Waals surface area contributed by atoms with Crippen molar-refractivity contribution in [3.8, 4) is 22.6 Å². The molecule has 12 heteroatoms. The zero-order valence-corrected chi connectivity index (χ0v) is 35.5. The molecule has 4 rings (SSSR count). The third-order valence-corrected chi connectivity index (χ3v) is 11.1. The highest BCUT2D eigenvalue weighted by Gasteiger charge is 2.36. The third kappa shape index (κ3) is 12.8. The lowest BCUT2D eigenvalue weighted by molar-refractivity contribution is -0.143. The summed E-state index contributed by atoms with van der Waals surface area (Å²) in [6, 6.07) is 14.2. The van der Waals surface area contributed by atoms with Gasteiger partial charge in [-0.05, 0) is 79.6 Å². The van der Waals surface area contributed by atoms with Crippen molar-refractivity contribution in [3.63, 3.8) is 0 Å². The molecule has 0 unspecified atom stereocenters. The van der Waals surface area contributed by atoms with Gasteiger partial charge in [-0.1, -0.05) is 76.3 Å². The smallest absolute Gasteiger partial charge is 0.229 e. The zero-order valence-electron chi connectivity index (χ0n) is 35.5. The third-order valence-electron chi connectivity index (χ3n) is 11.1. The molecule has 0 aliphatic carbocycles. The lowest BCUT2D eigenvalue weighted by atomic mass is 9.88. The van der Waals surface area contributed by atoms with Gasteiger partial charge in [0.15, 0.2) is 17.3 Å². The summed E-state index contributed by atoms with van der Waals surface area (Å²) in [4.78, 5) is 70.2. The zero-order chi connectivity index (χ0) is 43.1. The number of carbonyl (C=O) groups excluding carboxylic acids is 5. The number of aliphatic hydroxyl groups is 1. The first-order valence-corrected chi connectivity index (χ1v) is 21.1. The van der Waals surface area contributed by atoms with Gasteiger partial charge in [0, 0.05) is 55.6 Å². The van der Waals surface area contributed by atoms with Gasteiger partial charge in [-0.25, -0.2) is 0 Å². The number of carbonyl (C=O) groups is 5. The number of hydrogen-bond donors (Lipinski definition) is 4.